The molecule has 0 radical (unpaired) electrons. The second-order valence-electron chi connectivity index (χ2n) is 6.97. The summed E-state index contributed by atoms with van der Waals surface area (Å²) in [6.07, 6.45) is 2.76. The van der Waals surface area contributed by atoms with Gasteiger partial charge in [0.05, 0.1) is 33.6 Å². The summed E-state index contributed by atoms with van der Waals surface area (Å²) in [5.41, 5.74) is 1.58. The second-order valence-corrected chi connectivity index (χ2v) is 8.02. The van der Waals surface area contributed by atoms with Crippen LogP contribution in [0.4, 0.5) is 15.3 Å². The zero-order valence-corrected chi connectivity index (χ0v) is 16.8. The minimum atomic E-state index is -0.509. The van der Waals surface area contributed by atoms with Crippen LogP contribution in [0.25, 0.3) is 10.2 Å². The molecule has 1 aliphatic heterocycles. The maximum atomic E-state index is 13.5. The quantitative estimate of drug-likeness (QED) is 0.587. The lowest BCUT2D eigenvalue weighted by molar-refractivity contribution is 0.0761. The minimum absolute atomic E-state index is 0.235. The topological polar surface area (TPSA) is 103 Å². The highest BCUT2D eigenvalue weighted by atomic mass is 32.1. The molecule has 0 aliphatic carbocycles. The molecular weight excluding hydrogens is 395 g/mol. The molecule has 0 saturated carbocycles. The molecule has 0 unspecified atom stereocenters. The Morgan fingerprint density at radius 2 is 2.21 bits per heavy atom. The lowest BCUT2D eigenvalue weighted by Gasteiger charge is -2.17. The Morgan fingerprint density at radius 1 is 1.38 bits per heavy atom. The average Bonchev–Trinajstić information content (AvgIpc) is 3.32. The van der Waals surface area contributed by atoms with Crippen LogP contribution in [-0.4, -0.2) is 57.1 Å². The summed E-state index contributed by atoms with van der Waals surface area (Å²) in [5, 5.41) is 16.9. The average molecular weight is 416 g/mol. The van der Waals surface area contributed by atoms with Gasteiger partial charge in [-0.1, -0.05) is 0 Å². The molecule has 0 spiro atoms. The summed E-state index contributed by atoms with van der Waals surface area (Å²) in [4.78, 5) is 27.6. The first-order valence-electron chi connectivity index (χ1n) is 9.28. The largest absolute Gasteiger partial charge is 0.391 e. The Labute approximate surface area is 170 Å². The van der Waals surface area contributed by atoms with E-state index in [2.05, 4.69) is 25.6 Å². The van der Waals surface area contributed by atoms with Crippen molar-refractivity contribution in [3.8, 4) is 0 Å². The number of carbonyl (C=O) groups is 1. The number of aromatic nitrogens is 3. The summed E-state index contributed by atoms with van der Waals surface area (Å²) in [6.45, 7) is 2.63. The van der Waals surface area contributed by atoms with Crippen molar-refractivity contribution < 1.29 is 14.3 Å². The fourth-order valence-corrected chi connectivity index (χ4v) is 4.21. The third-order valence-corrected chi connectivity index (χ3v) is 5.99. The van der Waals surface area contributed by atoms with E-state index in [4.69, 9.17) is 0 Å². The molecule has 0 bridgehead atoms. The maximum absolute atomic E-state index is 13.5. The second kappa shape index (κ2) is 7.88. The summed E-state index contributed by atoms with van der Waals surface area (Å²) < 4.78 is 14.2. The Balaban J connectivity index is 1.70. The van der Waals surface area contributed by atoms with E-state index in [1.165, 1.54) is 17.4 Å². The molecule has 2 atom stereocenters. The molecular formula is C19H21FN6O2S. The lowest BCUT2D eigenvalue weighted by atomic mass is 10.1. The van der Waals surface area contributed by atoms with Crippen LogP contribution in [0.1, 0.15) is 35.4 Å². The number of amides is 1. The van der Waals surface area contributed by atoms with E-state index in [0.717, 1.165) is 11.2 Å². The minimum Gasteiger partial charge on any atom is -0.391 e. The molecule has 29 heavy (non-hydrogen) atoms. The highest BCUT2D eigenvalue weighted by molar-refractivity contribution is 7.23. The number of aliphatic hydroxyl groups is 1. The molecule has 1 fully saturated rings. The first-order chi connectivity index (χ1) is 13.9. The summed E-state index contributed by atoms with van der Waals surface area (Å²) in [7, 11) is 1.80. The third kappa shape index (κ3) is 3.99. The Morgan fingerprint density at radius 3 is 2.90 bits per heavy atom. The predicted molar refractivity (Wildman–Crippen MR) is 110 cm³/mol. The molecule has 1 aliphatic rings. The normalized spacial score (nSPS) is 17.5. The summed E-state index contributed by atoms with van der Waals surface area (Å²) >= 11 is 1.40. The molecule has 1 saturated heterocycles. The molecule has 3 N–H and O–H groups in total. The van der Waals surface area contributed by atoms with Gasteiger partial charge in [-0.3, -0.25) is 9.78 Å². The van der Waals surface area contributed by atoms with E-state index in [-0.39, 0.29) is 17.9 Å². The number of fused-ring (bicyclic) bond motifs is 1. The summed E-state index contributed by atoms with van der Waals surface area (Å²) in [5.74, 6) is -0.383. The van der Waals surface area contributed by atoms with Gasteiger partial charge in [0, 0.05) is 26.3 Å². The standard InChI is InChI=1S/C19H21FN6O2S/c1-10(11-5-12(20)8-22-7-11)23-19-24-14-6-15(21-2)29-17(14)16(25-19)18(28)26-4-3-13(27)9-26/h5-8,10,13,21,27H,3-4,9H2,1-2H3,(H,23,24,25)/t10-,13-/m0/s1. The van der Waals surface area contributed by atoms with Gasteiger partial charge in [-0.25, -0.2) is 14.4 Å². The van der Waals surface area contributed by atoms with Crippen molar-refractivity contribution in [2.75, 3.05) is 30.8 Å². The van der Waals surface area contributed by atoms with Gasteiger partial charge in [0.1, 0.15) is 5.82 Å². The van der Waals surface area contributed by atoms with Gasteiger partial charge >= 0.3 is 0 Å². The first kappa shape index (κ1) is 19.5. The van der Waals surface area contributed by atoms with Crippen molar-refractivity contribution in [2.24, 2.45) is 0 Å². The number of nitrogens with zero attached hydrogens (tertiary/aromatic N) is 4. The van der Waals surface area contributed by atoms with Gasteiger partial charge < -0.3 is 20.6 Å². The van der Waals surface area contributed by atoms with Crippen molar-refractivity contribution in [3.63, 3.8) is 0 Å². The molecule has 0 aromatic carbocycles. The van der Waals surface area contributed by atoms with E-state index in [1.54, 1.807) is 18.1 Å². The van der Waals surface area contributed by atoms with E-state index < -0.39 is 11.9 Å². The van der Waals surface area contributed by atoms with E-state index in [1.807, 2.05) is 13.0 Å². The molecule has 3 aromatic heterocycles. The van der Waals surface area contributed by atoms with Gasteiger partial charge in [0.15, 0.2) is 5.69 Å². The van der Waals surface area contributed by atoms with Crippen LogP contribution in [-0.2, 0) is 0 Å². The molecule has 8 nitrogen and oxygen atoms in total. The molecule has 4 rings (SSSR count). The number of anilines is 2. The molecule has 10 heteroatoms. The molecule has 4 heterocycles. The van der Waals surface area contributed by atoms with Gasteiger partial charge in [0.2, 0.25) is 5.95 Å². The van der Waals surface area contributed by atoms with Crippen LogP contribution in [0.15, 0.2) is 24.5 Å². The fraction of sp³-hybridized carbons (Fsp3) is 0.368. The zero-order valence-electron chi connectivity index (χ0n) is 16.0. The van der Waals surface area contributed by atoms with E-state index in [0.29, 0.717) is 41.0 Å². The van der Waals surface area contributed by atoms with E-state index in [9.17, 15) is 14.3 Å². The number of pyridine rings is 1. The van der Waals surface area contributed by atoms with Crippen LogP contribution in [0.3, 0.4) is 0 Å². The predicted octanol–water partition coefficient (Wildman–Crippen LogP) is 2.65. The number of hydrogen-bond acceptors (Lipinski definition) is 8. The third-order valence-electron chi connectivity index (χ3n) is 4.84. The number of hydrogen-bond donors (Lipinski definition) is 3. The number of halogens is 1. The van der Waals surface area contributed by atoms with Crippen LogP contribution in [0.5, 0.6) is 0 Å². The van der Waals surface area contributed by atoms with Crippen molar-refractivity contribution in [1.82, 2.24) is 19.9 Å². The highest BCUT2D eigenvalue weighted by Crippen LogP contribution is 2.32. The number of β-amino-alcohol motifs (C(OH)–C–C–N with tert-alkyl or cyclic N) is 1. The number of thiophene rings is 1. The Hall–Kier alpha value is -2.85. The maximum Gasteiger partial charge on any atom is 0.274 e. The lowest BCUT2D eigenvalue weighted by Crippen LogP contribution is -2.30. The number of aliphatic hydroxyl groups excluding tert-OH is 1. The van der Waals surface area contributed by atoms with Crippen LogP contribution >= 0.6 is 11.3 Å². The van der Waals surface area contributed by atoms with Gasteiger partial charge in [-0.15, -0.1) is 11.3 Å². The van der Waals surface area contributed by atoms with Crippen molar-refractivity contribution in [3.05, 3.63) is 41.6 Å². The smallest absolute Gasteiger partial charge is 0.274 e. The Kier molecular flexibility index (Phi) is 5.29. The number of carbonyl (C=O) groups excluding carboxylic acids is 1. The van der Waals surface area contributed by atoms with Crippen molar-refractivity contribution >= 4 is 38.4 Å². The number of likely N-dealkylation sites (tertiary alicyclic amines) is 1. The van der Waals surface area contributed by atoms with Crippen molar-refractivity contribution in [2.45, 2.75) is 25.5 Å². The van der Waals surface area contributed by atoms with Gasteiger partial charge in [0.25, 0.3) is 5.91 Å². The Bertz CT molecular complexity index is 1060. The number of nitrogens with one attached hydrogen (secondary N) is 2. The molecule has 3 aromatic rings. The number of rotatable bonds is 5. The van der Waals surface area contributed by atoms with Crippen LogP contribution < -0.4 is 10.6 Å². The monoisotopic (exact) mass is 416 g/mol. The van der Waals surface area contributed by atoms with Crippen LogP contribution in [0, 0.1) is 5.82 Å². The summed E-state index contributed by atoms with van der Waals surface area (Å²) in [6, 6.07) is 2.94. The van der Waals surface area contributed by atoms with Crippen molar-refractivity contribution in [1.29, 1.82) is 0 Å². The first-order valence-corrected chi connectivity index (χ1v) is 10.1. The van der Waals surface area contributed by atoms with Gasteiger partial charge in [-0.05, 0) is 31.0 Å². The molecule has 152 valence electrons. The van der Waals surface area contributed by atoms with Gasteiger partial charge in [-0.2, -0.15) is 0 Å². The highest BCUT2D eigenvalue weighted by Gasteiger charge is 2.29. The fourth-order valence-electron chi connectivity index (χ4n) is 3.28. The van der Waals surface area contributed by atoms with E-state index >= 15 is 0 Å². The SMILES string of the molecule is CNc1cc2nc(N[C@@H](C)c3cncc(F)c3)nc(C(=O)N3CC[C@H](O)C3)c2s1. The zero-order chi connectivity index (χ0) is 20.5. The molecule has 1 amide bonds. The van der Waals surface area contributed by atoms with Crippen LogP contribution in [0.2, 0.25) is 0 Å².